The van der Waals surface area contributed by atoms with E-state index in [1.54, 1.807) is 0 Å². The van der Waals surface area contributed by atoms with Crippen molar-refractivity contribution in [2.75, 3.05) is 13.1 Å². The van der Waals surface area contributed by atoms with E-state index < -0.39 is 0 Å². The first-order valence-electron chi connectivity index (χ1n) is 6.31. The second-order valence-electron chi connectivity index (χ2n) is 6.31. The van der Waals surface area contributed by atoms with E-state index in [4.69, 9.17) is 0 Å². The van der Waals surface area contributed by atoms with Crippen molar-refractivity contribution < 1.29 is 0 Å². The number of hydrogen-bond donors (Lipinski definition) is 0. The largest absolute Gasteiger partial charge is 0.300 e. The van der Waals surface area contributed by atoms with E-state index in [-0.39, 0.29) is 0 Å². The Hall–Kier alpha value is -0.0400. The third kappa shape index (κ3) is 2.13. The van der Waals surface area contributed by atoms with E-state index in [0.29, 0.717) is 5.41 Å². The van der Waals surface area contributed by atoms with Gasteiger partial charge in [-0.1, -0.05) is 40.0 Å². The maximum atomic E-state index is 2.73. The summed E-state index contributed by atoms with van der Waals surface area (Å²) in [5, 5.41) is 0. The lowest BCUT2D eigenvalue weighted by Gasteiger charge is -2.50. The molecule has 1 aliphatic carbocycles. The van der Waals surface area contributed by atoms with Crippen LogP contribution in [0.3, 0.4) is 0 Å². The van der Waals surface area contributed by atoms with Gasteiger partial charge in [0.25, 0.3) is 0 Å². The molecule has 0 spiro atoms. The molecule has 0 aromatic carbocycles. The minimum atomic E-state index is 0.533. The van der Waals surface area contributed by atoms with Crippen LogP contribution in [0, 0.1) is 11.3 Å². The summed E-state index contributed by atoms with van der Waals surface area (Å²) >= 11 is 0. The van der Waals surface area contributed by atoms with Crippen molar-refractivity contribution in [3.05, 3.63) is 0 Å². The van der Waals surface area contributed by atoms with Crippen molar-refractivity contribution in [3.8, 4) is 0 Å². The number of hydrogen-bond acceptors (Lipinski definition) is 1. The summed E-state index contributed by atoms with van der Waals surface area (Å²) in [4.78, 5) is 2.73. The van der Waals surface area contributed by atoms with Crippen LogP contribution in [0.1, 0.15) is 52.9 Å². The predicted octanol–water partition coefficient (Wildman–Crippen LogP) is 3.30. The average Bonchev–Trinajstić information content (AvgIpc) is 2.00. The highest BCUT2D eigenvalue weighted by Crippen LogP contribution is 2.37. The summed E-state index contributed by atoms with van der Waals surface area (Å²) in [5.41, 5.74) is 0.533. The monoisotopic (exact) mass is 195 g/mol. The van der Waals surface area contributed by atoms with Gasteiger partial charge >= 0.3 is 0 Å². The number of nitrogens with zero attached hydrogens (tertiary/aromatic N) is 1. The van der Waals surface area contributed by atoms with Gasteiger partial charge in [-0.25, -0.2) is 0 Å². The van der Waals surface area contributed by atoms with Crippen molar-refractivity contribution in [1.29, 1.82) is 0 Å². The van der Waals surface area contributed by atoms with Gasteiger partial charge in [-0.2, -0.15) is 0 Å². The zero-order valence-corrected chi connectivity index (χ0v) is 10.1. The van der Waals surface area contributed by atoms with Gasteiger partial charge in [0.15, 0.2) is 0 Å². The lowest BCUT2D eigenvalue weighted by molar-refractivity contribution is -0.0174. The van der Waals surface area contributed by atoms with Crippen LogP contribution in [-0.4, -0.2) is 24.0 Å². The Morgan fingerprint density at radius 1 is 0.929 bits per heavy atom. The first kappa shape index (κ1) is 10.5. The molecule has 1 heteroatoms. The molecule has 0 aromatic heterocycles. The minimum absolute atomic E-state index is 0.533. The fourth-order valence-corrected chi connectivity index (χ4v) is 2.80. The fourth-order valence-electron chi connectivity index (χ4n) is 2.80. The molecule has 1 heterocycles. The van der Waals surface area contributed by atoms with Crippen molar-refractivity contribution in [2.24, 2.45) is 11.3 Å². The highest BCUT2D eigenvalue weighted by molar-refractivity contribution is 4.91. The van der Waals surface area contributed by atoms with Crippen LogP contribution in [-0.2, 0) is 0 Å². The van der Waals surface area contributed by atoms with Gasteiger partial charge in [0.1, 0.15) is 0 Å². The molecule has 1 saturated carbocycles. The topological polar surface area (TPSA) is 3.24 Å². The van der Waals surface area contributed by atoms with E-state index in [0.717, 1.165) is 12.0 Å². The van der Waals surface area contributed by atoms with Crippen molar-refractivity contribution >= 4 is 0 Å². The molecule has 1 nitrogen and oxygen atoms in total. The van der Waals surface area contributed by atoms with Crippen molar-refractivity contribution in [3.63, 3.8) is 0 Å². The van der Waals surface area contributed by atoms with E-state index in [1.165, 1.54) is 45.2 Å². The standard InChI is InChI=1S/C13H25N/c1-13(2,3)11-9-14(10-11)12-7-5-4-6-8-12/h11-12H,4-10H2,1-3H3. The van der Waals surface area contributed by atoms with Crippen molar-refractivity contribution in [2.45, 2.75) is 58.9 Å². The average molecular weight is 195 g/mol. The van der Waals surface area contributed by atoms with Crippen LogP contribution in [0.2, 0.25) is 0 Å². The second-order valence-corrected chi connectivity index (χ2v) is 6.31. The highest BCUT2D eigenvalue weighted by atomic mass is 15.2. The summed E-state index contributed by atoms with van der Waals surface area (Å²) in [5.74, 6) is 0.949. The molecule has 2 aliphatic rings. The Balaban J connectivity index is 1.76. The predicted molar refractivity (Wildman–Crippen MR) is 61.4 cm³/mol. The zero-order valence-electron chi connectivity index (χ0n) is 10.1. The zero-order chi connectivity index (χ0) is 10.2. The Morgan fingerprint density at radius 2 is 1.50 bits per heavy atom. The Morgan fingerprint density at radius 3 is 2.00 bits per heavy atom. The lowest BCUT2D eigenvalue weighted by atomic mass is 9.74. The molecule has 1 saturated heterocycles. The molecule has 0 amide bonds. The van der Waals surface area contributed by atoms with Gasteiger partial charge in [-0.15, -0.1) is 0 Å². The van der Waals surface area contributed by atoms with Crippen LogP contribution in [0.15, 0.2) is 0 Å². The summed E-state index contributed by atoms with van der Waals surface area (Å²) in [7, 11) is 0. The van der Waals surface area contributed by atoms with Crippen LogP contribution in [0.4, 0.5) is 0 Å². The second kappa shape index (κ2) is 3.84. The lowest BCUT2D eigenvalue weighted by Crippen LogP contribution is -2.56. The van der Waals surface area contributed by atoms with Crippen molar-refractivity contribution in [1.82, 2.24) is 4.90 Å². The molecule has 2 rings (SSSR count). The molecule has 1 aliphatic heterocycles. The quantitative estimate of drug-likeness (QED) is 0.620. The van der Waals surface area contributed by atoms with Gasteiger partial charge in [-0.3, -0.25) is 4.90 Å². The fraction of sp³-hybridized carbons (Fsp3) is 1.00. The van der Waals surface area contributed by atoms with E-state index in [1.807, 2.05) is 0 Å². The van der Waals surface area contributed by atoms with Crippen LogP contribution in [0.25, 0.3) is 0 Å². The van der Waals surface area contributed by atoms with Crippen LogP contribution < -0.4 is 0 Å². The Labute approximate surface area is 88.9 Å². The summed E-state index contributed by atoms with van der Waals surface area (Å²) in [6.45, 7) is 9.89. The van der Waals surface area contributed by atoms with E-state index >= 15 is 0 Å². The van der Waals surface area contributed by atoms with Gasteiger partial charge < -0.3 is 0 Å². The molecule has 82 valence electrons. The van der Waals surface area contributed by atoms with Crippen LogP contribution >= 0.6 is 0 Å². The third-order valence-corrected chi connectivity index (χ3v) is 4.23. The molecule has 2 fully saturated rings. The molecular formula is C13H25N. The maximum absolute atomic E-state index is 2.73. The van der Waals surface area contributed by atoms with E-state index in [2.05, 4.69) is 25.7 Å². The molecule has 0 atom stereocenters. The molecule has 14 heavy (non-hydrogen) atoms. The minimum Gasteiger partial charge on any atom is -0.300 e. The molecule has 0 N–H and O–H groups in total. The van der Waals surface area contributed by atoms with E-state index in [9.17, 15) is 0 Å². The maximum Gasteiger partial charge on any atom is 0.00955 e. The molecule has 0 unspecified atom stereocenters. The Bertz CT molecular complexity index is 180. The smallest absolute Gasteiger partial charge is 0.00955 e. The van der Waals surface area contributed by atoms with Gasteiger partial charge in [0.05, 0.1) is 0 Å². The van der Waals surface area contributed by atoms with Crippen LogP contribution in [0.5, 0.6) is 0 Å². The molecular weight excluding hydrogens is 170 g/mol. The summed E-state index contributed by atoms with van der Waals surface area (Å²) in [6.07, 6.45) is 7.36. The Kier molecular flexibility index (Phi) is 2.88. The number of likely N-dealkylation sites (tertiary alicyclic amines) is 1. The molecule has 0 aromatic rings. The molecule has 0 radical (unpaired) electrons. The summed E-state index contributed by atoms with van der Waals surface area (Å²) in [6, 6.07) is 0.947. The van der Waals surface area contributed by atoms with Gasteiger partial charge in [0.2, 0.25) is 0 Å². The molecule has 0 bridgehead atoms. The first-order chi connectivity index (χ1) is 6.57. The third-order valence-electron chi connectivity index (χ3n) is 4.23. The first-order valence-corrected chi connectivity index (χ1v) is 6.31. The highest BCUT2D eigenvalue weighted by Gasteiger charge is 2.38. The normalized spacial score (nSPS) is 27.6. The van der Waals surface area contributed by atoms with Gasteiger partial charge in [-0.05, 0) is 24.2 Å². The SMILES string of the molecule is CC(C)(C)C1CN(C2CCCCC2)C1. The number of rotatable bonds is 1. The van der Waals surface area contributed by atoms with Gasteiger partial charge in [0, 0.05) is 19.1 Å². The summed E-state index contributed by atoms with van der Waals surface area (Å²) < 4.78 is 0.